The van der Waals surface area contributed by atoms with Crippen molar-refractivity contribution in [2.45, 2.75) is 31.2 Å². The van der Waals surface area contributed by atoms with E-state index in [-0.39, 0.29) is 6.04 Å². The molecule has 1 saturated carbocycles. The molecule has 84 valence electrons. The molecule has 2 atom stereocenters. The van der Waals surface area contributed by atoms with Gasteiger partial charge in [0, 0.05) is 12.0 Å². The Labute approximate surface area is 91.4 Å². The fraction of sp³-hybridized carbons (Fsp3) is 0.556. The first-order valence-corrected chi connectivity index (χ1v) is 5.28. The van der Waals surface area contributed by atoms with Crippen LogP contribution in [-0.4, -0.2) is 31.6 Å². The molecular formula is C9H12N6O. The summed E-state index contributed by atoms with van der Waals surface area (Å²) in [5.41, 5.74) is 6.44. The average molecular weight is 220 g/mol. The van der Waals surface area contributed by atoms with E-state index in [0.717, 1.165) is 19.3 Å². The van der Waals surface area contributed by atoms with Crippen molar-refractivity contribution in [3.63, 3.8) is 0 Å². The van der Waals surface area contributed by atoms with Crippen molar-refractivity contribution in [1.29, 1.82) is 0 Å². The molecule has 0 bridgehead atoms. The van der Waals surface area contributed by atoms with Gasteiger partial charge in [0.2, 0.25) is 11.7 Å². The summed E-state index contributed by atoms with van der Waals surface area (Å²) in [6.45, 7) is 0. The highest BCUT2D eigenvalue weighted by atomic mass is 16.5. The molecule has 0 amide bonds. The lowest BCUT2D eigenvalue weighted by molar-refractivity contribution is 0.353. The molecule has 2 unspecified atom stereocenters. The van der Waals surface area contributed by atoms with E-state index in [4.69, 9.17) is 10.3 Å². The predicted octanol–water partition coefficient (Wildman–Crippen LogP) is 0.449. The predicted molar refractivity (Wildman–Crippen MR) is 54.2 cm³/mol. The van der Waals surface area contributed by atoms with Crippen molar-refractivity contribution in [2.24, 2.45) is 5.73 Å². The first-order valence-electron chi connectivity index (χ1n) is 5.28. The SMILES string of the molecule is NC1CCC(c2nc(-c3cn[nH]n3)no2)C1. The smallest absolute Gasteiger partial charge is 0.230 e. The lowest BCUT2D eigenvalue weighted by atomic mass is 10.1. The van der Waals surface area contributed by atoms with E-state index in [1.165, 1.54) is 0 Å². The van der Waals surface area contributed by atoms with Crippen LogP contribution in [0.2, 0.25) is 0 Å². The van der Waals surface area contributed by atoms with Crippen LogP contribution in [0.15, 0.2) is 10.7 Å². The van der Waals surface area contributed by atoms with Gasteiger partial charge in [0.1, 0.15) is 0 Å². The number of aromatic nitrogens is 5. The first-order chi connectivity index (χ1) is 7.83. The normalized spacial score (nSPS) is 25.1. The number of nitrogens with two attached hydrogens (primary N) is 1. The Hall–Kier alpha value is -1.76. The Kier molecular flexibility index (Phi) is 2.17. The highest BCUT2D eigenvalue weighted by Crippen LogP contribution is 2.33. The minimum atomic E-state index is 0.257. The molecule has 2 aromatic heterocycles. The molecule has 2 heterocycles. The van der Waals surface area contributed by atoms with Crippen LogP contribution in [-0.2, 0) is 0 Å². The highest BCUT2D eigenvalue weighted by molar-refractivity contribution is 5.44. The molecule has 7 heteroatoms. The summed E-state index contributed by atoms with van der Waals surface area (Å²) in [6.07, 6.45) is 4.52. The van der Waals surface area contributed by atoms with Gasteiger partial charge in [-0.15, -0.1) is 0 Å². The van der Waals surface area contributed by atoms with Crippen LogP contribution in [0.4, 0.5) is 0 Å². The molecule has 0 spiro atoms. The molecule has 3 rings (SSSR count). The average Bonchev–Trinajstić information content (AvgIpc) is 2.97. The van der Waals surface area contributed by atoms with Crippen LogP contribution in [0.25, 0.3) is 11.5 Å². The van der Waals surface area contributed by atoms with Gasteiger partial charge in [-0.05, 0) is 19.3 Å². The fourth-order valence-electron chi connectivity index (χ4n) is 2.06. The second-order valence-electron chi connectivity index (χ2n) is 4.08. The molecule has 0 aromatic carbocycles. The molecule has 1 fully saturated rings. The third-order valence-electron chi connectivity index (χ3n) is 2.91. The van der Waals surface area contributed by atoms with Gasteiger partial charge in [0.15, 0.2) is 5.69 Å². The third-order valence-corrected chi connectivity index (χ3v) is 2.91. The molecule has 0 radical (unpaired) electrons. The minimum absolute atomic E-state index is 0.257. The molecule has 2 aromatic rings. The lowest BCUT2D eigenvalue weighted by Gasteiger charge is -2.01. The Morgan fingerprint density at radius 1 is 1.44 bits per heavy atom. The molecule has 7 nitrogen and oxygen atoms in total. The molecule has 1 aliphatic rings. The number of nitrogens with zero attached hydrogens (tertiary/aromatic N) is 4. The first kappa shape index (κ1) is 9.46. The van der Waals surface area contributed by atoms with Crippen LogP contribution in [0.5, 0.6) is 0 Å². The van der Waals surface area contributed by atoms with Gasteiger partial charge in [-0.1, -0.05) is 5.16 Å². The van der Waals surface area contributed by atoms with Crippen LogP contribution < -0.4 is 5.73 Å². The van der Waals surface area contributed by atoms with Crippen LogP contribution in [0.1, 0.15) is 31.1 Å². The maximum Gasteiger partial charge on any atom is 0.230 e. The summed E-state index contributed by atoms with van der Waals surface area (Å²) < 4.78 is 5.22. The largest absolute Gasteiger partial charge is 0.339 e. The summed E-state index contributed by atoms with van der Waals surface area (Å²) >= 11 is 0. The fourth-order valence-corrected chi connectivity index (χ4v) is 2.06. The van der Waals surface area contributed by atoms with Crippen molar-refractivity contribution in [3.8, 4) is 11.5 Å². The maximum absolute atomic E-state index is 5.85. The molecule has 3 N–H and O–H groups in total. The zero-order valence-electron chi connectivity index (χ0n) is 8.63. The van der Waals surface area contributed by atoms with Crippen molar-refractivity contribution in [3.05, 3.63) is 12.1 Å². The van der Waals surface area contributed by atoms with Crippen molar-refractivity contribution in [1.82, 2.24) is 25.6 Å². The standard InChI is InChI=1S/C9H12N6O/c10-6-2-1-5(3-6)9-12-8(14-16-9)7-4-11-15-13-7/h4-6H,1-3,10H2,(H,11,13,15). The minimum Gasteiger partial charge on any atom is -0.339 e. The van der Waals surface area contributed by atoms with Crippen LogP contribution >= 0.6 is 0 Å². The summed E-state index contributed by atoms with van der Waals surface area (Å²) in [6, 6.07) is 0.257. The zero-order chi connectivity index (χ0) is 11.0. The second kappa shape index (κ2) is 3.67. The zero-order valence-corrected chi connectivity index (χ0v) is 8.63. The van der Waals surface area contributed by atoms with Gasteiger partial charge in [-0.25, -0.2) is 0 Å². The van der Waals surface area contributed by atoms with Gasteiger partial charge in [0.25, 0.3) is 0 Å². The van der Waals surface area contributed by atoms with E-state index in [1.54, 1.807) is 6.20 Å². The number of hydrogen-bond donors (Lipinski definition) is 2. The molecule has 1 aliphatic carbocycles. The van der Waals surface area contributed by atoms with E-state index >= 15 is 0 Å². The van der Waals surface area contributed by atoms with Crippen molar-refractivity contribution >= 4 is 0 Å². The Balaban J connectivity index is 1.83. The summed E-state index contributed by atoms with van der Waals surface area (Å²) in [5.74, 6) is 1.43. The maximum atomic E-state index is 5.85. The van der Waals surface area contributed by atoms with Crippen molar-refractivity contribution in [2.75, 3.05) is 0 Å². The summed E-state index contributed by atoms with van der Waals surface area (Å²) in [4.78, 5) is 4.31. The van der Waals surface area contributed by atoms with E-state index in [0.29, 0.717) is 23.3 Å². The summed E-state index contributed by atoms with van der Waals surface area (Å²) in [5, 5.41) is 14.0. The van der Waals surface area contributed by atoms with Gasteiger partial charge in [0.05, 0.1) is 6.20 Å². The van der Waals surface area contributed by atoms with Gasteiger partial charge in [-0.3, -0.25) is 0 Å². The quantitative estimate of drug-likeness (QED) is 0.760. The molecule has 0 saturated heterocycles. The van der Waals surface area contributed by atoms with Crippen molar-refractivity contribution < 1.29 is 4.52 Å². The summed E-state index contributed by atoms with van der Waals surface area (Å²) in [7, 11) is 0. The number of hydrogen-bond acceptors (Lipinski definition) is 6. The lowest BCUT2D eigenvalue weighted by Crippen LogP contribution is -2.14. The van der Waals surface area contributed by atoms with E-state index in [2.05, 4.69) is 25.6 Å². The third kappa shape index (κ3) is 1.58. The van der Waals surface area contributed by atoms with Crippen LogP contribution in [0.3, 0.4) is 0 Å². The van der Waals surface area contributed by atoms with Gasteiger partial charge < -0.3 is 10.3 Å². The van der Waals surface area contributed by atoms with E-state index in [1.807, 2.05) is 0 Å². The van der Waals surface area contributed by atoms with Gasteiger partial charge >= 0.3 is 0 Å². The molecular weight excluding hydrogens is 208 g/mol. The van der Waals surface area contributed by atoms with Crippen LogP contribution in [0, 0.1) is 0 Å². The monoisotopic (exact) mass is 220 g/mol. The molecule has 16 heavy (non-hydrogen) atoms. The van der Waals surface area contributed by atoms with E-state index in [9.17, 15) is 0 Å². The number of nitrogens with one attached hydrogen (secondary N) is 1. The number of aromatic amines is 1. The van der Waals surface area contributed by atoms with E-state index < -0.39 is 0 Å². The Morgan fingerprint density at radius 3 is 3.06 bits per heavy atom. The highest BCUT2D eigenvalue weighted by Gasteiger charge is 2.28. The number of H-pyrrole nitrogens is 1. The van der Waals surface area contributed by atoms with Gasteiger partial charge in [-0.2, -0.15) is 20.4 Å². The topological polar surface area (TPSA) is 107 Å². The Morgan fingerprint density at radius 2 is 2.38 bits per heavy atom. The molecule has 0 aliphatic heterocycles. The number of rotatable bonds is 2. The Bertz CT molecular complexity index is 464. The second-order valence-corrected chi connectivity index (χ2v) is 4.08.